The van der Waals surface area contributed by atoms with E-state index >= 15 is 0 Å². The van der Waals surface area contributed by atoms with Crippen LogP contribution in [0.15, 0.2) is 30.6 Å². The number of halogens is 1. The molecule has 1 atom stereocenters. The van der Waals surface area contributed by atoms with Gasteiger partial charge in [-0.15, -0.1) is 0 Å². The van der Waals surface area contributed by atoms with Crippen LogP contribution in [-0.2, 0) is 13.7 Å². The summed E-state index contributed by atoms with van der Waals surface area (Å²) in [5, 5.41) is 8.03. The molecular formula is C14H18ClN3O. The predicted molar refractivity (Wildman–Crippen MR) is 76.5 cm³/mol. The lowest BCUT2D eigenvalue weighted by atomic mass is 10.1. The van der Waals surface area contributed by atoms with E-state index in [9.17, 15) is 0 Å². The van der Waals surface area contributed by atoms with Gasteiger partial charge in [0.2, 0.25) is 0 Å². The van der Waals surface area contributed by atoms with Crippen LogP contribution in [0.3, 0.4) is 0 Å². The van der Waals surface area contributed by atoms with Gasteiger partial charge >= 0.3 is 0 Å². The molecule has 1 heterocycles. The van der Waals surface area contributed by atoms with Gasteiger partial charge in [-0.2, -0.15) is 5.10 Å². The highest BCUT2D eigenvalue weighted by molar-refractivity contribution is 6.30. The van der Waals surface area contributed by atoms with Crippen molar-refractivity contribution in [1.82, 2.24) is 15.1 Å². The smallest absolute Gasteiger partial charge is 0.124 e. The Morgan fingerprint density at radius 3 is 2.89 bits per heavy atom. The Bertz CT molecular complexity index is 553. The van der Waals surface area contributed by atoms with Gasteiger partial charge < -0.3 is 10.1 Å². The first-order chi connectivity index (χ1) is 9.10. The molecule has 0 spiro atoms. The van der Waals surface area contributed by atoms with Gasteiger partial charge in [-0.25, -0.2) is 0 Å². The zero-order chi connectivity index (χ0) is 13.8. The molecule has 0 aliphatic carbocycles. The Labute approximate surface area is 118 Å². The van der Waals surface area contributed by atoms with Crippen LogP contribution < -0.4 is 10.1 Å². The Morgan fingerprint density at radius 1 is 1.47 bits per heavy atom. The maximum Gasteiger partial charge on any atom is 0.124 e. The van der Waals surface area contributed by atoms with E-state index in [4.69, 9.17) is 16.3 Å². The number of hydrogen-bond donors (Lipinski definition) is 1. The monoisotopic (exact) mass is 279 g/mol. The third kappa shape index (κ3) is 3.49. The van der Waals surface area contributed by atoms with Gasteiger partial charge in [0, 0.05) is 35.4 Å². The Balaban J connectivity index is 2.15. The highest BCUT2D eigenvalue weighted by atomic mass is 35.5. The van der Waals surface area contributed by atoms with E-state index in [1.807, 2.05) is 38.5 Å². The van der Waals surface area contributed by atoms with Crippen molar-refractivity contribution in [2.45, 2.75) is 19.6 Å². The highest BCUT2D eigenvalue weighted by Gasteiger charge is 2.11. The van der Waals surface area contributed by atoms with E-state index < -0.39 is 0 Å². The van der Waals surface area contributed by atoms with Crippen molar-refractivity contribution in [1.29, 1.82) is 0 Å². The Kier molecular flexibility index (Phi) is 4.45. The standard InChI is InChI=1S/C14H18ClN3O/c1-10(16-2)13-6-12(15)4-5-14(13)19-9-11-7-17-18(3)8-11/h4-8,10,16H,9H2,1-3H3. The fourth-order valence-corrected chi connectivity index (χ4v) is 2.03. The first-order valence-electron chi connectivity index (χ1n) is 6.17. The fourth-order valence-electron chi connectivity index (χ4n) is 1.85. The van der Waals surface area contributed by atoms with Crippen molar-refractivity contribution in [2.75, 3.05) is 7.05 Å². The van der Waals surface area contributed by atoms with Crippen molar-refractivity contribution >= 4 is 11.6 Å². The molecule has 0 aliphatic rings. The maximum absolute atomic E-state index is 6.04. The van der Waals surface area contributed by atoms with Crippen LogP contribution in [0.2, 0.25) is 5.02 Å². The summed E-state index contributed by atoms with van der Waals surface area (Å²) in [5.74, 6) is 0.843. The van der Waals surface area contributed by atoms with E-state index in [2.05, 4.69) is 17.3 Å². The lowest BCUT2D eigenvalue weighted by Gasteiger charge is -2.16. The van der Waals surface area contributed by atoms with Gasteiger partial charge in [-0.05, 0) is 32.2 Å². The molecule has 2 rings (SSSR count). The third-order valence-corrected chi connectivity index (χ3v) is 3.26. The Morgan fingerprint density at radius 2 is 2.26 bits per heavy atom. The molecule has 102 valence electrons. The average molecular weight is 280 g/mol. The van der Waals surface area contributed by atoms with E-state index in [0.717, 1.165) is 16.9 Å². The van der Waals surface area contributed by atoms with Gasteiger partial charge in [-0.1, -0.05) is 11.6 Å². The van der Waals surface area contributed by atoms with Crippen molar-refractivity contribution < 1.29 is 4.74 Å². The summed E-state index contributed by atoms with van der Waals surface area (Å²) in [6.45, 7) is 2.57. The lowest BCUT2D eigenvalue weighted by Crippen LogP contribution is -2.13. The third-order valence-electron chi connectivity index (χ3n) is 3.02. The number of benzene rings is 1. The van der Waals surface area contributed by atoms with E-state index in [1.54, 1.807) is 10.9 Å². The number of hydrogen-bond acceptors (Lipinski definition) is 3. The van der Waals surface area contributed by atoms with Crippen LogP contribution >= 0.6 is 11.6 Å². The second-order valence-electron chi connectivity index (χ2n) is 4.50. The van der Waals surface area contributed by atoms with Gasteiger partial charge in [0.05, 0.1) is 6.20 Å². The quantitative estimate of drug-likeness (QED) is 0.915. The molecule has 0 bridgehead atoms. The zero-order valence-electron chi connectivity index (χ0n) is 11.4. The molecule has 1 aromatic carbocycles. The molecule has 0 saturated carbocycles. The molecule has 0 radical (unpaired) electrons. The summed E-state index contributed by atoms with van der Waals surface area (Å²) in [5.41, 5.74) is 2.10. The lowest BCUT2D eigenvalue weighted by molar-refractivity contribution is 0.300. The van der Waals surface area contributed by atoms with Gasteiger partial charge in [-0.3, -0.25) is 4.68 Å². The SMILES string of the molecule is CNC(C)c1cc(Cl)ccc1OCc1cnn(C)c1. The number of nitrogens with zero attached hydrogens (tertiary/aromatic N) is 2. The molecule has 4 nitrogen and oxygen atoms in total. The molecule has 1 aromatic heterocycles. The van der Waals surface area contributed by atoms with Gasteiger partial charge in [0.25, 0.3) is 0 Å². The van der Waals surface area contributed by atoms with Crippen LogP contribution in [0.4, 0.5) is 0 Å². The molecule has 0 amide bonds. The largest absolute Gasteiger partial charge is 0.488 e. The Hall–Kier alpha value is -1.52. The number of aromatic nitrogens is 2. The van der Waals surface area contributed by atoms with E-state index in [0.29, 0.717) is 11.6 Å². The van der Waals surface area contributed by atoms with Crippen LogP contribution in [0.1, 0.15) is 24.1 Å². The van der Waals surface area contributed by atoms with E-state index in [1.165, 1.54) is 0 Å². The minimum atomic E-state index is 0.183. The summed E-state index contributed by atoms with van der Waals surface area (Å²) < 4.78 is 7.62. The molecule has 1 unspecified atom stereocenters. The molecule has 0 fully saturated rings. The first-order valence-corrected chi connectivity index (χ1v) is 6.55. The summed E-state index contributed by atoms with van der Waals surface area (Å²) in [4.78, 5) is 0. The van der Waals surface area contributed by atoms with Gasteiger partial charge in [0.1, 0.15) is 12.4 Å². The van der Waals surface area contributed by atoms with E-state index in [-0.39, 0.29) is 6.04 Å². The first kappa shape index (κ1) is 13.9. The number of rotatable bonds is 5. The molecular weight excluding hydrogens is 262 g/mol. The molecule has 1 N–H and O–H groups in total. The topological polar surface area (TPSA) is 39.1 Å². The highest BCUT2D eigenvalue weighted by Crippen LogP contribution is 2.28. The van der Waals surface area contributed by atoms with Crippen LogP contribution in [-0.4, -0.2) is 16.8 Å². The fraction of sp³-hybridized carbons (Fsp3) is 0.357. The van der Waals surface area contributed by atoms with Gasteiger partial charge in [0.15, 0.2) is 0 Å². The number of ether oxygens (including phenoxy) is 1. The van der Waals surface area contributed by atoms with Crippen LogP contribution in [0, 0.1) is 0 Å². The normalized spacial score (nSPS) is 12.4. The predicted octanol–water partition coefficient (Wildman–Crippen LogP) is 2.93. The summed E-state index contributed by atoms with van der Waals surface area (Å²) in [7, 11) is 3.80. The molecule has 0 aliphatic heterocycles. The zero-order valence-corrected chi connectivity index (χ0v) is 12.1. The molecule has 2 aromatic rings. The summed E-state index contributed by atoms with van der Waals surface area (Å²) >= 11 is 6.04. The van der Waals surface area contributed by atoms with Crippen LogP contribution in [0.5, 0.6) is 5.75 Å². The second-order valence-corrected chi connectivity index (χ2v) is 4.94. The molecule has 5 heteroatoms. The maximum atomic E-state index is 6.04. The van der Waals surface area contributed by atoms with Crippen molar-refractivity contribution in [2.24, 2.45) is 7.05 Å². The molecule has 0 saturated heterocycles. The minimum absolute atomic E-state index is 0.183. The number of nitrogens with one attached hydrogen (secondary N) is 1. The summed E-state index contributed by atoms with van der Waals surface area (Å²) in [6, 6.07) is 5.86. The van der Waals surface area contributed by atoms with Crippen molar-refractivity contribution in [3.8, 4) is 5.75 Å². The summed E-state index contributed by atoms with van der Waals surface area (Å²) in [6.07, 6.45) is 3.74. The van der Waals surface area contributed by atoms with Crippen molar-refractivity contribution in [3.05, 3.63) is 46.7 Å². The number of aryl methyl sites for hydroxylation is 1. The second kappa shape index (κ2) is 6.08. The minimum Gasteiger partial charge on any atom is -0.488 e. The van der Waals surface area contributed by atoms with Crippen molar-refractivity contribution in [3.63, 3.8) is 0 Å². The molecule has 19 heavy (non-hydrogen) atoms. The van der Waals surface area contributed by atoms with Crippen LogP contribution in [0.25, 0.3) is 0 Å². The average Bonchev–Trinajstić information content (AvgIpc) is 2.82.